The average Bonchev–Trinajstić information content (AvgIpc) is 3.28. The number of thiazole rings is 1. The van der Waals surface area contributed by atoms with Gasteiger partial charge in [-0.25, -0.2) is 4.98 Å². The van der Waals surface area contributed by atoms with E-state index in [4.69, 9.17) is 4.42 Å². The highest BCUT2D eigenvalue weighted by Gasteiger charge is 2.21. The molecule has 3 aromatic rings. The molecule has 1 aromatic carbocycles. The summed E-state index contributed by atoms with van der Waals surface area (Å²) in [4.78, 5) is 28.8. The van der Waals surface area contributed by atoms with Crippen LogP contribution in [0.2, 0.25) is 0 Å². The molecule has 8 heteroatoms. The summed E-state index contributed by atoms with van der Waals surface area (Å²) < 4.78 is 5.56. The predicted octanol–water partition coefficient (Wildman–Crippen LogP) is 4.44. The van der Waals surface area contributed by atoms with E-state index in [0.29, 0.717) is 10.7 Å². The Hall–Kier alpha value is -3.00. The summed E-state index contributed by atoms with van der Waals surface area (Å²) in [6.07, 6.45) is 4.23. The molecule has 0 spiro atoms. The molecule has 7 nitrogen and oxygen atoms in total. The number of hydrogen-bond donors (Lipinski definition) is 1. The Morgan fingerprint density at radius 1 is 1.19 bits per heavy atom. The number of fused-ring (bicyclic) bond motifs is 1. The number of carbonyl (C=O) groups is 1. The molecule has 26 heavy (non-hydrogen) atoms. The summed E-state index contributed by atoms with van der Waals surface area (Å²) in [6, 6.07) is 9.33. The SMILES string of the molecule is O=C(Nc1nc2c(s1)CCCC2)c1ccc(-c2ccccc2[N+](=O)[O-])o1. The van der Waals surface area contributed by atoms with Crippen molar-refractivity contribution in [1.82, 2.24) is 4.98 Å². The number of carbonyl (C=O) groups excluding carboxylic acids is 1. The Morgan fingerprint density at radius 3 is 2.81 bits per heavy atom. The van der Waals surface area contributed by atoms with Gasteiger partial charge in [-0.2, -0.15) is 0 Å². The third-order valence-electron chi connectivity index (χ3n) is 4.26. The molecule has 1 N–H and O–H groups in total. The van der Waals surface area contributed by atoms with E-state index in [2.05, 4.69) is 10.3 Å². The van der Waals surface area contributed by atoms with Gasteiger partial charge in [-0.3, -0.25) is 20.2 Å². The largest absolute Gasteiger partial charge is 0.451 e. The molecule has 4 rings (SSSR count). The maximum absolute atomic E-state index is 12.4. The van der Waals surface area contributed by atoms with Crippen LogP contribution >= 0.6 is 11.3 Å². The average molecular weight is 369 g/mol. The molecule has 0 bridgehead atoms. The second-order valence-electron chi connectivity index (χ2n) is 5.99. The van der Waals surface area contributed by atoms with Gasteiger partial charge in [0.05, 0.1) is 16.2 Å². The number of nitro groups is 1. The van der Waals surface area contributed by atoms with Crippen molar-refractivity contribution >= 4 is 28.1 Å². The minimum absolute atomic E-state index is 0.0681. The molecule has 1 amide bonds. The Labute approximate surface area is 152 Å². The minimum Gasteiger partial charge on any atom is -0.451 e. The van der Waals surface area contributed by atoms with Crippen molar-refractivity contribution in [2.24, 2.45) is 0 Å². The second kappa shape index (κ2) is 6.72. The van der Waals surface area contributed by atoms with Crippen LogP contribution in [-0.4, -0.2) is 15.8 Å². The Kier molecular flexibility index (Phi) is 4.26. The number of rotatable bonds is 4. The number of aromatic nitrogens is 1. The van der Waals surface area contributed by atoms with Crippen LogP contribution in [0.1, 0.15) is 34.0 Å². The number of aryl methyl sites for hydroxylation is 2. The Morgan fingerprint density at radius 2 is 2.00 bits per heavy atom. The second-order valence-corrected chi connectivity index (χ2v) is 7.07. The van der Waals surface area contributed by atoms with E-state index in [0.717, 1.165) is 31.4 Å². The topological polar surface area (TPSA) is 98.3 Å². The van der Waals surface area contributed by atoms with Crippen molar-refractivity contribution in [3.8, 4) is 11.3 Å². The van der Waals surface area contributed by atoms with Crippen molar-refractivity contribution in [1.29, 1.82) is 0 Å². The molecular formula is C18H15N3O4S. The van der Waals surface area contributed by atoms with Crippen molar-refractivity contribution < 1.29 is 14.1 Å². The highest BCUT2D eigenvalue weighted by molar-refractivity contribution is 7.15. The first-order chi connectivity index (χ1) is 12.6. The van der Waals surface area contributed by atoms with Crippen molar-refractivity contribution in [2.75, 3.05) is 5.32 Å². The number of nitrogens with one attached hydrogen (secondary N) is 1. The maximum Gasteiger partial charge on any atom is 0.293 e. The number of hydrogen-bond acceptors (Lipinski definition) is 6. The lowest BCUT2D eigenvalue weighted by molar-refractivity contribution is -0.384. The van der Waals surface area contributed by atoms with E-state index in [-0.39, 0.29) is 17.2 Å². The molecule has 0 fully saturated rings. The van der Waals surface area contributed by atoms with Gasteiger partial charge in [-0.15, -0.1) is 11.3 Å². The minimum atomic E-state index is -0.475. The zero-order chi connectivity index (χ0) is 18.1. The van der Waals surface area contributed by atoms with Gasteiger partial charge in [0.25, 0.3) is 11.6 Å². The third-order valence-corrected chi connectivity index (χ3v) is 5.33. The molecule has 0 aliphatic heterocycles. The molecule has 132 valence electrons. The summed E-state index contributed by atoms with van der Waals surface area (Å²) in [5, 5.41) is 14.5. The number of benzene rings is 1. The van der Waals surface area contributed by atoms with Crippen molar-refractivity contribution in [2.45, 2.75) is 25.7 Å². The van der Waals surface area contributed by atoms with Crippen molar-refractivity contribution in [3.63, 3.8) is 0 Å². The van der Waals surface area contributed by atoms with Gasteiger partial charge in [-0.05, 0) is 43.9 Å². The van der Waals surface area contributed by atoms with Gasteiger partial charge >= 0.3 is 0 Å². The first-order valence-electron chi connectivity index (χ1n) is 8.25. The van der Waals surface area contributed by atoms with Crippen LogP contribution in [0, 0.1) is 10.1 Å². The molecule has 1 aliphatic rings. The lowest BCUT2D eigenvalue weighted by Gasteiger charge is -2.06. The lowest BCUT2D eigenvalue weighted by atomic mass is 10.0. The summed E-state index contributed by atoms with van der Waals surface area (Å²) in [7, 11) is 0. The number of amides is 1. The van der Waals surface area contributed by atoms with Crippen LogP contribution in [0.3, 0.4) is 0 Å². The van der Waals surface area contributed by atoms with Crippen LogP contribution in [0.5, 0.6) is 0 Å². The van der Waals surface area contributed by atoms with Gasteiger partial charge in [0.1, 0.15) is 5.76 Å². The number of furan rings is 1. The van der Waals surface area contributed by atoms with Gasteiger partial charge in [0.2, 0.25) is 0 Å². The summed E-state index contributed by atoms with van der Waals surface area (Å²) in [5.41, 5.74) is 1.33. The van der Waals surface area contributed by atoms with Gasteiger partial charge in [0, 0.05) is 10.9 Å². The van der Waals surface area contributed by atoms with Crippen LogP contribution in [0.4, 0.5) is 10.8 Å². The van der Waals surface area contributed by atoms with E-state index in [1.54, 1.807) is 24.3 Å². The number of nitrogens with zero attached hydrogens (tertiary/aromatic N) is 2. The van der Waals surface area contributed by atoms with Gasteiger partial charge < -0.3 is 4.42 Å². The van der Waals surface area contributed by atoms with E-state index in [9.17, 15) is 14.9 Å². The molecule has 0 atom stereocenters. The van der Waals surface area contributed by atoms with Gasteiger partial charge in [0.15, 0.2) is 10.9 Å². The quantitative estimate of drug-likeness (QED) is 0.541. The number of nitro benzene ring substituents is 1. The molecule has 0 saturated carbocycles. The highest BCUT2D eigenvalue weighted by atomic mass is 32.1. The molecule has 2 heterocycles. The predicted molar refractivity (Wildman–Crippen MR) is 97.5 cm³/mol. The van der Waals surface area contributed by atoms with E-state index >= 15 is 0 Å². The Bertz CT molecular complexity index is 968. The molecule has 0 saturated heterocycles. The molecule has 1 aliphatic carbocycles. The fourth-order valence-corrected chi connectivity index (χ4v) is 4.05. The van der Waals surface area contributed by atoms with E-state index < -0.39 is 10.8 Å². The fourth-order valence-electron chi connectivity index (χ4n) is 3.01. The Balaban J connectivity index is 1.55. The van der Waals surface area contributed by atoms with Gasteiger partial charge in [-0.1, -0.05) is 12.1 Å². The molecule has 0 radical (unpaired) electrons. The van der Waals surface area contributed by atoms with Crippen LogP contribution < -0.4 is 5.32 Å². The summed E-state index contributed by atoms with van der Waals surface area (Å²) in [5.74, 6) is -0.0480. The normalized spacial score (nSPS) is 13.2. The van der Waals surface area contributed by atoms with Crippen LogP contribution in [-0.2, 0) is 12.8 Å². The summed E-state index contributed by atoms with van der Waals surface area (Å²) >= 11 is 1.49. The highest BCUT2D eigenvalue weighted by Crippen LogP contribution is 2.32. The zero-order valence-electron chi connectivity index (χ0n) is 13.7. The van der Waals surface area contributed by atoms with E-state index in [1.165, 1.54) is 28.3 Å². The summed E-state index contributed by atoms with van der Waals surface area (Å²) in [6.45, 7) is 0. The molecular weight excluding hydrogens is 354 g/mol. The van der Waals surface area contributed by atoms with Crippen molar-refractivity contribution in [3.05, 3.63) is 62.8 Å². The lowest BCUT2D eigenvalue weighted by Crippen LogP contribution is -2.10. The smallest absolute Gasteiger partial charge is 0.293 e. The zero-order valence-corrected chi connectivity index (χ0v) is 14.5. The first-order valence-corrected chi connectivity index (χ1v) is 9.07. The number of para-hydroxylation sites is 1. The van der Waals surface area contributed by atoms with Crippen LogP contribution in [0.25, 0.3) is 11.3 Å². The maximum atomic E-state index is 12.4. The standard InChI is InChI=1S/C18H15N3O4S/c22-17(20-18-19-12-6-2-4-8-16(12)26-18)15-10-9-14(25-15)11-5-1-3-7-13(11)21(23)24/h1,3,5,7,9-10H,2,4,6,8H2,(H,19,20,22). The number of anilines is 1. The molecule has 0 unspecified atom stereocenters. The fraction of sp³-hybridized carbons (Fsp3) is 0.222. The molecule has 2 aromatic heterocycles. The third kappa shape index (κ3) is 3.11. The first kappa shape index (κ1) is 16.5. The van der Waals surface area contributed by atoms with E-state index in [1.807, 2.05) is 0 Å². The van der Waals surface area contributed by atoms with Crippen LogP contribution in [0.15, 0.2) is 40.8 Å². The monoisotopic (exact) mass is 369 g/mol.